The van der Waals surface area contributed by atoms with E-state index in [-0.39, 0.29) is 31.4 Å². The molecule has 0 radical (unpaired) electrons. The molecule has 0 atom stereocenters. The number of halogens is 1. The number of amides is 3. The first-order chi connectivity index (χ1) is 18.8. The van der Waals surface area contributed by atoms with E-state index in [0.29, 0.717) is 22.2 Å². The van der Waals surface area contributed by atoms with Crippen LogP contribution in [0.5, 0.6) is 0 Å². The molecule has 0 aliphatic heterocycles. The predicted octanol–water partition coefficient (Wildman–Crippen LogP) is 7.14. The lowest BCUT2D eigenvalue weighted by Crippen LogP contribution is -2.34. The number of carbonyl (C=O) groups is 3. The maximum absolute atomic E-state index is 13.5. The van der Waals surface area contributed by atoms with Crippen molar-refractivity contribution in [3.05, 3.63) is 94.0 Å². The first kappa shape index (κ1) is 28.2. The van der Waals surface area contributed by atoms with Gasteiger partial charge in [0.05, 0.1) is 13.0 Å². The van der Waals surface area contributed by atoms with Crippen molar-refractivity contribution in [2.75, 3.05) is 16.8 Å². The zero-order valence-electron chi connectivity index (χ0n) is 22.1. The number of anilines is 2. The molecule has 0 spiro atoms. The van der Waals surface area contributed by atoms with Crippen molar-refractivity contribution in [3.8, 4) is 0 Å². The van der Waals surface area contributed by atoms with E-state index in [4.69, 9.17) is 16.7 Å². The molecule has 1 aliphatic rings. The zero-order valence-corrected chi connectivity index (χ0v) is 22.8. The van der Waals surface area contributed by atoms with Gasteiger partial charge in [-0.15, -0.1) is 0 Å². The van der Waals surface area contributed by atoms with Crippen LogP contribution in [0.4, 0.5) is 16.2 Å². The molecule has 0 bridgehead atoms. The lowest BCUT2D eigenvalue weighted by atomic mass is 9.84. The van der Waals surface area contributed by atoms with Gasteiger partial charge >= 0.3 is 12.0 Å². The molecule has 8 heteroatoms. The molecule has 3 amide bonds. The third-order valence-corrected chi connectivity index (χ3v) is 7.54. The summed E-state index contributed by atoms with van der Waals surface area (Å²) in [6, 6.07) is 20.3. The normalized spacial score (nSPS) is 13.5. The van der Waals surface area contributed by atoms with Crippen LogP contribution in [-0.2, 0) is 11.3 Å². The van der Waals surface area contributed by atoms with Crippen molar-refractivity contribution < 1.29 is 19.5 Å². The number of aliphatic carboxylic acids is 1. The highest BCUT2D eigenvalue weighted by Gasteiger charge is 2.20. The van der Waals surface area contributed by atoms with Gasteiger partial charge in [0.25, 0.3) is 5.91 Å². The van der Waals surface area contributed by atoms with Gasteiger partial charge in [0.15, 0.2) is 0 Å². The molecule has 1 aliphatic carbocycles. The Morgan fingerprint density at radius 2 is 1.64 bits per heavy atom. The summed E-state index contributed by atoms with van der Waals surface area (Å²) in [6.07, 6.45) is 6.08. The second kappa shape index (κ2) is 13.3. The third kappa shape index (κ3) is 7.83. The molecule has 0 saturated heterocycles. The summed E-state index contributed by atoms with van der Waals surface area (Å²) < 4.78 is 0. The number of carbonyl (C=O) groups excluding carboxylic acids is 2. The van der Waals surface area contributed by atoms with Crippen LogP contribution >= 0.6 is 11.6 Å². The van der Waals surface area contributed by atoms with Gasteiger partial charge in [0.1, 0.15) is 0 Å². The fourth-order valence-electron chi connectivity index (χ4n) is 4.83. The van der Waals surface area contributed by atoms with Crippen LogP contribution in [0.3, 0.4) is 0 Å². The molecule has 3 N–H and O–H groups in total. The fraction of sp³-hybridized carbons (Fsp3) is 0.323. The first-order valence-electron chi connectivity index (χ1n) is 13.3. The second-order valence-corrected chi connectivity index (χ2v) is 10.4. The van der Waals surface area contributed by atoms with E-state index < -0.39 is 5.97 Å². The summed E-state index contributed by atoms with van der Waals surface area (Å²) in [5.74, 6) is -0.741. The van der Waals surface area contributed by atoms with Crippen LogP contribution in [0.2, 0.25) is 5.02 Å². The van der Waals surface area contributed by atoms with Gasteiger partial charge in [-0.25, -0.2) is 4.79 Å². The van der Waals surface area contributed by atoms with Crippen LogP contribution in [0, 0.1) is 6.92 Å². The maximum Gasteiger partial charge on any atom is 0.326 e. The molecule has 3 aromatic carbocycles. The standard InChI is InChI=1S/C31H34ClN3O4/c1-21-7-14-26(19-28(21)32)34-31(39)35(27-15-12-24(13-16-27)23-5-3-2-4-6-23)20-22-8-10-25(11-9-22)30(38)33-18-17-29(36)37/h7-16,19,23H,2-6,17-18,20H2,1H3,(H,33,38)(H,34,39)(H,36,37). The largest absolute Gasteiger partial charge is 0.481 e. The van der Waals surface area contributed by atoms with Gasteiger partial charge in [-0.2, -0.15) is 0 Å². The van der Waals surface area contributed by atoms with E-state index in [1.807, 2.05) is 31.2 Å². The molecule has 1 saturated carbocycles. The monoisotopic (exact) mass is 547 g/mol. The summed E-state index contributed by atoms with van der Waals surface area (Å²) in [7, 11) is 0. The number of urea groups is 1. The maximum atomic E-state index is 13.5. The minimum atomic E-state index is -0.969. The number of nitrogens with zero attached hydrogens (tertiary/aromatic N) is 1. The van der Waals surface area contributed by atoms with E-state index >= 15 is 0 Å². The molecule has 3 aromatic rings. The SMILES string of the molecule is Cc1ccc(NC(=O)N(Cc2ccc(C(=O)NCCC(=O)O)cc2)c2ccc(C3CCCCC3)cc2)cc1Cl. The number of benzene rings is 3. The van der Waals surface area contributed by atoms with Gasteiger partial charge in [-0.3, -0.25) is 14.5 Å². The van der Waals surface area contributed by atoms with Gasteiger partial charge in [0.2, 0.25) is 0 Å². The van der Waals surface area contributed by atoms with E-state index in [9.17, 15) is 14.4 Å². The summed E-state index contributed by atoms with van der Waals surface area (Å²) in [6.45, 7) is 2.25. The summed E-state index contributed by atoms with van der Waals surface area (Å²) >= 11 is 6.28. The summed E-state index contributed by atoms with van der Waals surface area (Å²) in [5.41, 5.74) is 4.87. The van der Waals surface area contributed by atoms with Gasteiger partial charge in [-0.1, -0.05) is 61.2 Å². The quantitative estimate of drug-likeness (QED) is 0.265. The number of carboxylic acid groups (broad SMARTS) is 1. The van der Waals surface area contributed by atoms with Crippen LogP contribution < -0.4 is 15.5 Å². The van der Waals surface area contributed by atoms with E-state index in [0.717, 1.165) is 16.8 Å². The highest BCUT2D eigenvalue weighted by Crippen LogP contribution is 2.33. The number of hydrogen-bond donors (Lipinski definition) is 3. The Morgan fingerprint density at radius 1 is 0.949 bits per heavy atom. The second-order valence-electron chi connectivity index (χ2n) is 10.0. The van der Waals surface area contributed by atoms with Crippen molar-refractivity contribution in [2.45, 2.75) is 57.9 Å². The minimum absolute atomic E-state index is 0.0593. The molecule has 204 valence electrons. The predicted molar refractivity (Wildman–Crippen MR) is 155 cm³/mol. The van der Waals surface area contributed by atoms with Crippen molar-refractivity contribution in [1.82, 2.24) is 5.32 Å². The highest BCUT2D eigenvalue weighted by molar-refractivity contribution is 6.31. The molecule has 7 nitrogen and oxygen atoms in total. The molecular formula is C31H34ClN3O4. The Kier molecular flexibility index (Phi) is 9.60. The van der Waals surface area contributed by atoms with Crippen molar-refractivity contribution >= 4 is 40.9 Å². The van der Waals surface area contributed by atoms with Gasteiger partial charge in [-0.05, 0) is 78.8 Å². The van der Waals surface area contributed by atoms with Gasteiger partial charge < -0.3 is 15.7 Å². The number of carboxylic acids is 1. The average Bonchev–Trinajstić information content (AvgIpc) is 2.94. The van der Waals surface area contributed by atoms with E-state index in [2.05, 4.69) is 22.8 Å². The Hall–Kier alpha value is -3.84. The third-order valence-electron chi connectivity index (χ3n) is 7.13. The highest BCUT2D eigenvalue weighted by atomic mass is 35.5. The Labute approximate surface area is 234 Å². The number of rotatable bonds is 9. The Morgan fingerprint density at radius 3 is 2.28 bits per heavy atom. The molecule has 0 heterocycles. The molecule has 1 fully saturated rings. The molecule has 0 unspecified atom stereocenters. The molecule has 0 aromatic heterocycles. The van der Waals surface area contributed by atoms with Crippen LogP contribution in [0.1, 0.15) is 71.5 Å². The lowest BCUT2D eigenvalue weighted by Gasteiger charge is -2.26. The van der Waals surface area contributed by atoms with Crippen LogP contribution in [0.25, 0.3) is 0 Å². The van der Waals surface area contributed by atoms with Crippen molar-refractivity contribution in [3.63, 3.8) is 0 Å². The Bertz CT molecular complexity index is 1300. The fourth-order valence-corrected chi connectivity index (χ4v) is 5.01. The smallest absolute Gasteiger partial charge is 0.326 e. The topological polar surface area (TPSA) is 98.7 Å². The summed E-state index contributed by atoms with van der Waals surface area (Å²) in [5, 5.41) is 14.9. The van der Waals surface area contributed by atoms with E-state index in [1.165, 1.54) is 37.7 Å². The number of nitrogens with one attached hydrogen (secondary N) is 2. The van der Waals surface area contributed by atoms with Crippen LogP contribution in [0.15, 0.2) is 66.7 Å². The molecular weight excluding hydrogens is 514 g/mol. The molecule has 39 heavy (non-hydrogen) atoms. The zero-order chi connectivity index (χ0) is 27.8. The van der Waals surface area contributed by atoms with Crippen molar-refractivity contribution in [1.29, 1.82) is 0 Å². The molecule has 4 rings (SSSR count). The number of hydrogen-bond acceptors (Lipinski definition) is 3. The number of aryl methyl sites for hydroxylation is 1. The Balaban J connectivity index is 1.52. The van der Waals surface area contributed by atoms with Gasteiger partial charge in [0, 0.05) is 28.5 Å². The van der Waals surface area contributed by atoms with Crippen LogP contribution in [-0.4, -0.2) is 29.6 Å². The average molecular weight is 548 g/mol. The van der Waals surface area contributed by atoms with E-state index in [1.54, 1.807) is 35.2 Å². The first-order valence-corrected chi connectivity index (χ1v) is 13.7. The van der Waals surface area contributed by atoms with Crippen molar-refractivity contribution in [2.24, 2.45) is 0 Å². The minimum Gasteiger partial charge on any atom is -0.481 e. The summed E-state index contributed by atoms with van der Waals surface area (Å²) in [4.78, 5) is 38.2. The lowest BCUT2D eigenvalue weighted by molar-refractivity contribution is -0.136.